The van der Waals surface area contributed by atoms with Gasteiger partial charge in [-0.3, -0.25) is 38.4 Å². The number of imide groups is 4. The molecule has 0 aliphatic carbocycles. The van der Waals surface area contributed by atoms with Crippen LogP contribution in [0.2, 0.25) is 0 Å². The topological polar surface area (TPSA) is 179 Å². The molecule has 26 aromatic rings. The molecular formula is C126H73F3N10O8. The van der Waals surface area contributed by atoms with Gasteiger partial charge in [0.1, 0.15) is 0 Å². The fourth-order valence-corrected chi connectivity index (χ4v) is 23.1. The molecule has 0 saturated heterocycles. The molecule has 6 aromatic heterocycles. The molecule has 4 aliphatic rings. The molecule has 0 spiro atoms. The maximum Gasteiger partial charge on any atom is 0.417 e. The molecular weight excluding hydrogens is 1840 g/mol. The first kappa shape index (κ1) is 85.1. The van der Waals surface area contributed by atoms with E-state index in [0.29, 0.717) is 83.6 Å². The number of aromatic nitrogens is 6. The number of nitrogens with zero attached hydrogens (tertiary/aromatic N) is 10. The first-order valence-corrected chi connectivity index (χ1v) is 48.1. The SMILES string of the molecule is Cc1ccccc1-c1ccc2c3ccccc3n(-n3c4ccccc4c4ccc(-c5ccccc5C(F)(F)F)cc43)c2c1.O=C1c2cccc3cccc(c23)C(=O)N1c1ccc2c(c1)c1ccccc1n2-n1c2ccccc2c2cc(N3C(=O)c4cccc5cccc(c45)C3=O)ccc21.O=C1c2ccccc2C(=O)N1c1ccc2c(c1)c1ccccc1n2-n1c2ccccc2c2cc(N3C(=O)c4ccccc4C3=O)ccc21. The van der Waals surface area contributed by atoms with Gasteiger partial charge in [0.15, 0.2) is 0 Å². The lowest BCUT2D eigenvalue weighted by molar-refractivity contribution is -0.137. The van der Waals surface area contributed by atoms with Crippen molar-refractivity contribution in [1.29, 1.82) is 0 Å². The minimum absolute atomic E-state index is 0.165. The van der Waals surface area contributed by atoms with Crippen LogP contribution in [0.5, 0.6) is 0 Å². The van der Waals surface area contributed by atoms with E-state index >= 15 is 0 Å². The molecule has 696 valence electrons. The van der Waals surface area contributed by atoms with Gasteiger partial charge in [-0.05, 0) is 221 Å². The van der Waals surface area contributed by atoms with Crippen LogP contribution in [-0.2, 0) is 6.18 Å². The van der Waals surface area contributed by atoms with Crippen LogP contribution in [0.3, 0.4) is 0 Å². The number of fused-ring (bicyclic) bond motifs is 20. The standard InChI is InChI=1S/C48H26N4O4.C40H22N4O4.C38H25F3N2/c53-45-33-15-5-9-27-10-6-16-34(43(27)33)46(54)49(45)29-21-23-41-37(25-29)31-13-1-3-19-39(31)51(41)52-40-20-4-2-14-32(40)38-26-30(22-24-42(38)52)50-47(55)35-17-7-11-28-12-8-18-36(44(28)35)48(50)56;45-37-27-11-1-2-12-28(27)38(46)41(37)23-17-19-35-31(21-23)25-9-5-7-15-33(25)43(35)44-34-16-8-6-10-26(34)32-22-24(18-20-36(32)44)42-39(47)29-13-3-4-14-30(29)40(42)48;1-24-10-2-3-11-27(24)25-18-20-31-29-13-5-8-16-34(29)42(36(31)22-25)43-35-17-9-6-14-30(35)32-21-19-26(23-37(32)43)28-12-4-7-15-33(28)38(39,40)41/h1-26H;1-22H;2-23H,1H3. The number of alkyl halides is 3. The van der Waals surface area contributed by atoms with Crippen LogP contribution in [0.4, 0.5) is 35.9 Å². The summed E-state index contributed by atoms with van der Waals surface area (Å²) < 4.78 is 55.2. The van der Waals surface area contributed by atoms with E-state index in [0.717, 1.165) is 159 Å². The van der Waals surface area contributed by atoms with Crippen molar-refractivity contribution in [2.45, 2.75) is 13.1 Å². The summed E-state index contributed by atoms with van der Waals surface area (Å²) in [4.78, 5) is 115. The van der Waals surface area contributed by atoms with Crippen molar-refractivity contribution in [1.82, 2.24) is 28.1 Å². The van der Waals surface area contributed by atoms with Crippen molar-refractivity contribution in [3.05, 3.63) is 480 Å². The second-order valence-electron chi connectivity index (χ2n) is 37.4. The third-order valence-electron chi connectivity index (χ3n) is 29.6. The molecule has 0 bridgehead atoms. The summed E-state index contributed by atoms with van der Waals surface area (Å²) in [6.45, 7) is 2.11. The maximum absolute atomic E-state index is 14.1. The van der Waals surface area contributed by atoms with Crippen molar-refractivity contribution in [2.24, 2.45) is 0 Å². The van der Waals surface area contributed by atoms with Crippen molar-refractivity contribution < 1.29 is 51.5 Å². The predicted octanol–water partition coefficient (Wildman–Crippen LogP) is 28.8. The van der Waals surface area contributed by atoms with E-state index in [4.69, 9.17) is 0 Å². The Balaban J connectivity index is 0.000000108. The number of carbonyl (C=O) groups excluding carboxylic acids is 8. The van der Waals surface area contributed by atoms with Crippen LogP contribution in [0.1, 0.15) is 94.0 Å². The zero-order valence-corrected chi connectivity index (χ0v) is 77.8. The van der Waals surface area contributed by atoms with Gasteiger partial charge < -0.3 is 0 Å². The minimum atomic E-state index is -4.46. The normalized spacial score (nSPS) is 13.6. The Labute approximate surface area is 831 Å². The fraction of sp³-hybridized carbons (Fsp3) is 0.0159. The Morgan fingerprint density at radius 2 is 0.395 bits per heavy atom. The monoisotopic (exact) mass is 1910 g/mol. The van der Waals surface area contributed by atoms with Crippen LogP contribution in [0.25, 0.3) is 175 Å². The highest BCUT2D eigenvalue weighted by molar-refractivity contribution is 6.39. The molecule has 0 unspecified atom stereocenters. The zero-order chi connectivity index (χ0) is 98.9. The second-order valence-corrected chi connectivity index (χ2v) is 37.4. The van der Waals surface area contributed by atoms with Crippen LogP contribution >= 0.6 is 0 Å². The van der Waals surface area contributed by atoms with Gasteiger partial charge in [-0.1, -0.05) is 249 Å². The molecule has 30 rings (SSSR count). The molecule has 8 amide bonds. The van der Waals surface area contributed by atoms with Crippen LogP contribution in [-0.4, -0.2) is 75.3 Å². The molecule has 0 atom stereocenters. The smallest absolute Gasteiger partial charge is 0.268 e. The third-order valence-corrected chi connectivity index (χ3v) is 29.6. The van der Waals surface area contributed by atoms with E-state index < -0.39 is 11.7 Å². The average Bonchev–Trinajstić information content (AvgIpc) is 1.57. The number of anilines is 4. The van der Waals surface area contributed by atoms with Crippen molar-refractivity contribution >= 4 is 222 Å². The lowest BCUT2D eigenvalue weighted by Gasteiger charge is -2.27. The van der Waals surface area contributed by atoms with Gasteiger partial charge in [-0.25, -0.2) is 47.7 Å². The maximum atomic E-state index is 14.1. The molecule has 10 heterocycles. The number of para-hydroxylation sites is 6. The molecule has 0 radical (unpaired) electrons. The molecule has 21 heteroatoms. The minimum Gasteiger partial charge on any atom is -0.268 e. The van der Waals surface area contributed by atoms with Gasteiger partial charge in [0.05, 0.1) is 117 Å². The zero-order valence-electron chi connectivity index (χ0n) is 77.8. The Morgan fingerprint density at radius 1 is 0.177 bits per heavy atom. The molecule has 18 nitrogen and oxygen atoms in total. The number of rotatable bonds is 9. The Bertz CT molecular complexity index is 9890. The third kappa shape index (κ3) is 12.5. The number of aryl methyl sites for hydroxylation is 1. The van der Waals surface area contributed by atoms with Gasteiger partial charge in [0, 0.05) is 97.7 Å². The highest BCUT2D eigenvalue weighted by Gasteiger charge is 2.42. The summed E-state index contributed by atoms with van der Waals surface area (Å²) in [5.41, 5.74) is 20.1. The van der Waals surface area contributed by atoms with Gasteiger partial charge in [0.2, 0.25) is 0 Å². The summed E-state index contributed by atoms with van der Waals surface area (Å²) in [5.74, 6) is -2.77. The van der Waals surface area contributed by atoms with Gasteiger partial charge >= 0.3 is 6.18 Å². The van der Waals surface area contributed by atoms with Crippen molar-refractivity contribution in [3.63, 3.8) is 0 Å². The van der Waals surface area contributed by atoms with Gasteiger partial charge in [-0.15, -0.1) is 0 Å². The Kier molecular flexibility index (Phi) is 18.5. The van der Waals surface area contributed by atoms with E-state index in [-0.39, 0.29) is 52.8 Å². The van der Waals surface area contributed by atoms with E-state index in [1.807, 2.05) is 249 Å². The lowest BCUT2D eigenvalue weighted by Crippen LogP contribution is -2.40. The van der Waals surface area contributed by atoms with E-state index in [2.05, 4.69) is 108 Å². The molecule has 4 aliphatic heterocycles. The summed E-state index contributed by atoms with van der Waals surface area (Å²) in [6.07, 6.45) is -4.46. The number of hydrogen-bond donors (Lipinski definition) is 0. The van der Waals surface area contributed by atoms with Gasteiger partial charge in [-0.2, -0.15) is 13.2 Å². The summed E-state index contributed by atoms with van der Waals surface area (Å²) in [7, 11) is 0. The van der Waals surface area contributed by atoms with Crippen LogP contribution < -0.4 is 19.6 Å². The summed E-state index contributed by atoms with van der Waals surface area (Å²) in [6, 6.07) is 134. The largest absolute Gasteiger partial charge is 0.417 e. The predicted molar refractivity (Wildman–Crippen MR) is 575 cm³/mol. The van der Waals surface area contributed by atoms with Crippen molar-refractivity contribution in [3.8, 4) is 22.3 Å². The molecule has 20 aromatic carbocycles. The fourth-order valence-electron chi connectivity index (χ4n) is 23.1. The van der Waals surface area contributed by atoms with Crippen LogP contribution in [0, 0.1) is 6.92 Å². The first-order chi connectivity index (χ1) is 71.9. The van der Waals surface area contributed by atoms with Gasteiger partial charge in [0.25, 0.3) is 47.3 Å². The highest BCUT2D eigenvalue weighted by Crippen LogP contribution is 2.48. The van der Waals surface area contributed by atoms with E-state index in [1.165, 1.54) is 31.2 Å². The first-order valence-electron chi connectivity index (χ1n) is 48.1. The Hall–Kier alpha value is -19.9. The summed E-state index contributed by atoms with van der Waals surface area (Å²) >= 11 is 0. The van der Waals surface area contributed by atoms with Crippen LogP contribution in [0.15, 0.2) is 425 Å². The van der Waals surface area contributed by atoms with E-state index in [1.54, 1.807) is 91.0 Å². The number of amides is 8. The molecule has 147 heavy (non-hydrogen) atoms. The lowest BCUT2D eigenvalue weighted by atomic mass is 9.93. The number of hydrogen-bond acceptors (Lipinski definition) is 8. The second kappa shape index (κ2) is 32.0. The quantitative estimate of drug-likeness (QED) is 0.128. The van der Waals surface area contributed by atoms with Crippen molar-refractivity contribution in [2.75, 3.05) is 19.6 Å². The average molecular weight is 1910 g/mol. The Morgan fingerprint density at radius 3 is 0.687 bits per heavy atom. The highest BCUT2D eigenvalue weighted by atomic mass is 19.4. The number of halogens is 3. The molecule has 0 N–H and O–H groups in total. The number of benzene rings is 20. The van der Waals surface area contributed by atoms with E-state index in [9.17, 15) is 51.5 Å². The number of carbonyl (C=O) groups is 8. The molecule has 0 saturated carbocycles. The summed E-state index contributed by atoms with van der Waals surface area (Å²) in [5, 5.41) is 14.6. The molecule has 0 fully saturated rings.